The number of halogens is 1. The summed E-state index contributed by atoms with van der Waals surface area (Å²) in [4.78, 5) is 2.39. The predicted molar refractivity (Wildman–Crippen MR) is 221 cm³/mol. The average Bonchev–Trinajstić information content (AvgIpc) is 3.56. The maximum absolute atomic E-state index is 9.73. The van der Waals surface area contributed by atoms with Gasteiger partial charge in [-0.1, -0.05) is 129 Å². The van der Waals surface area contributed by atoms with Crippen molar-refractivity contribution in [2.75, 3.05) is 38.3 Å². The van der Waals surface area contributed by atoms with Crippen LogP contribution in [-0.2, 0) is 21.2 Å². The van der Waals surface area contributed by atoms with Gasteiger partial charge in [0.05, 0.1) is 19.1 Å². The van der Waals surface area contributed by atoms with Crippen LogP contribution in [0.3, 0.4) is 0 Å². The van der Waals surface area contributed by atoms with Crippen LogP contribution in [-0.4, -0.2) is 48.8 Å². The number of ether oxygens (including phenoxy) is 2. The number of allylic oxidation sites excluding steroid dienone is 4. The van der Waals surface area contributed by atoms with Crippen molar-refractivity contribution in [3.63, 3.8) is 0 Å². The predicted octanol–water partition coefficient (Wildman–Crippen LogP) is 7.09. The number of rotatable bonds is 14. The second-order valence-corrected chi connectivity index (χ2v) is 15.3. The van der Waals surface area contributed by atoms with Gasteiger partial charge in [0, 0.05) is 54.1 Å². The molecule has 5 aromatic rings. The highest BCUT2D eigenvalue weighted by molar-refractivity contribution is 6.03. The van der Waals surface area contributed by atoms with Crippen molar-refractivity contribution in [3.05, 3.63) is 185 Å². The van der Waals surface area contributed by atoms with Gasteiger partial charge in [-0.3, -0.25) is 0 Å². The molecule has 2 aliphatic heterocycles. The standard InChI is InChI=1S/C49H53N2O3.ClH/c1-47(2)41-23-12-14-25-43(41)50(33-17-35-52)45(47)27-16-28-46-48(3,4)42-24-13-15-26-44(42)51(46)34-18-36-54-49(37-19-8-6-9-20-37,38-21-10-7-11-22-38)39-29-31-40(53-5)32-30-39;/h6-16,19-32,52H,17-18,33-36H2,1-5H3;1H/q+1;/p-1. The SMILES string of the molecule is COc1ccc(C(OCCC[N+]2=C(/C=C/C=C3/N(CCCO)c4ccccc4C3(C)C)C(C)(C)c3ccccc32)(c2ccccc2)c2ccccc2)cc1.[Cl-]. The van der Waals surface area contributed by atoms with E-state index in [0.29, 0.717) is 6.61 Å². The van der Waals surface area contributed by atoms with Gasteiger partial charge in [0.2, 0.25) is 5.69 Å². The number of nitrogens with zero attached hydrogens (tertiary/aromatic N) is 2. The van der Waals surface area contributed by atoms with Crippen LogP contribution < -0.4 is 22.0 Å². The first-order valence-corrected chi connectivity index (χ1v) is 19.2. The molecular weight excluding hydrogens is 700 g/mol. The number of hydrogen-bond acceptors (Lipinski definition) is 4. The van der Waals surface area contributed by atoms with Crippen molar-refractivity contribution in [2.45, 2.75) is 57.0 Å². The fourth-order valence-corrected chi connectivity index (χ4v) is 8.59. The van der Waals surface area contributed by atoms with Gasteiger partial charge in [-0.15, -0.1) is 0 Å². The van der Waals surface area contributed by atoms with Crippen molar-refractivity contribution >= 4 is 17.1 Å². The molecule has 0 atom stereocenters. The van der Waals surface area contributed by atoms with E-state index in [1.165, 1.54) is 33.9 Å². The molecule has 0 aromatic heterocycles. The summed E-state index contributed by atoms with van der Waals surface area (Å²) in [6.45, 7) is 11.6. The van der Waals surface area contributed by atoms with Crippen LogP contribution in [0.25, 0.3) is 0 Å². The second-order valence-electron chi connectivity index (χ2n) is 15.3. The van der Waals surface area contributed by atoms with Gasteiger partial charge in [0.15, 0.2) is 12.3 Å². The summed E-state index contributed by atoms with van der Waals surface area (Å²) in [5.41, 5.74) is 9.74. The Hall–Kier alpha value is -4.94. The first kappa shape index (κ1) is 39.7. The number of aliphatic hydroxyl groups excluding tert-OH is 1. The lowest BCUT2D eigenvalue weighted by molar-refractivity contribution is -0.439. The average molecular weight is 753 g/mol. The van der Waals surface area contributed by atoms with E-state index in [-0.39, 0.29) is 29.8 Å². The molecule has 0 spiro atoms. The number of hydrogen-bond donors (Lipinski definition) is 1. The van der Waals surface area contributed by atoms with Gasteiger partial charge in [-0.05, 0) is 66.8 Å². The highest BCUT2D eigenvalue weighted by Crippen LogP contribution is 2.48. The molecule has 5 aromatic carbocycles. The Morgan fingerprint density at radius 1 is 0.691 bits per heavy atom. The molecule has 0 amide bonds. The smallest absolute Gasteiger partial charge is 0.209 e. The molecule has 7 rings (SSSR count). The van der Waals surface area contributed by atoms with Crippen LogP contribution in [0.1, 0.15) is 68.4 Å². The monoisotopic (exact) mass is 752 g/mol. The van der Waals surface area contributed by atoms with Gasteiger partial charge in [0.25, 0.3) is 0 Å². The molecule has 0 fully saturated rings. The second kappa shape index (κ2) is 16.8. The van der Waals surface area contributed by atoms with Crippen LogP contribution in [0.2, 0.25) is 0 Å². The molecule has 6 heteroatoms. The Bertz CT molecular complexity index is 2110. The first-order chi connectivity index (χ1) is 26.2. The Balaban J connectivity index is 0.00000514. The maximum Gasteiger partial charge on any atom is 0.209 e. The molecule has 2 aliphatic rings. The molecule has 55 heavy (non-hydrogen) atoms. The third kappa shape index (κ3) is 7.41. The number of benzene rings is 5. The maximum atomic E-state index is 9.73. The van der Waals surface area contributed by atoms with Crippen LogP contribution in [0.5, 0.6) is 5.75 Å². The number of para-hydroxylation sites is 2. The Morgan fingerprint density at radius 2 is 1.27 bits per heavy atom. The third-order valence-electron chi connectivity index (χ3n) is 11.3. The molecule has 0 saturated carbocycles. The molecule has 0 radical (unpaired) electrons. The molecule has 1 N–H and O–H groups in total. The van der Waals surface area contributed by atoms with E-state index in [1.807, 2.05) is 12.1 Å². The molecule has 0 unspecified atom stereocenters. The molecular formula is C49H53ClN2O3. The van der Waals surface area contributed by atoms with E-state index in [9.17, 15) is 5.11 Å². The van der Waals surface area contributed by atoms with E-state index < -0.39 is 5.60 Å². The highest BCUT2D eigenvalue weighted by atomic mass is 35.5. The van der Waals surface area contributed by atoms with Crippen molar-refractivity contribution < 1.29 is 31.6 Å². The van der Waals surface area contributed by atoms with Crippen LogP contribution in [0.4, 0.5) is 11.4 Å². The number of fused-ring (bicyclic) bond motifs is 2. The fraction of sp³-hybridized carbons (Fsp3) is 0.286. The topological polar surface area (TPSA) is 44.9 Å². The van der Waals surface area contributed by atoms with E-state index >= 15 is 0 Å². The summed E-state index contributed by atoms with van der Waals surface area (Å²) in [5.74, 6) is 0.815. The summed E-state index contributed by atoms with van der Waals surface area (Å²) in [6.07, 6.45) is 8.37. The molecule has 2 heterocycles. The highest BCUT2D eigenvalue weighted by Gasteiger charge is 2.45. The Morgan fingerprint density at radius 3 is 1.91 bits per heavy atom. The largest absolute Gasteiger partial charge is 1.00 e. The molecule has 5 nitrogen and oxygen atoms in total. The Kier molecular flexibility index (Phi) is 12.2. The van der Waals surface area contributed by atoms with Crippen molar-refractivity contribution in [2.24, 2.45) is 0 Å². The minimum Gasteiger partial charge on any atom is -1.00 e. The lowest BCUT2D eigenvalue weighted by Crippen LogP contribution is -3.00. The van der Waals surface area contributed by atoms with Crippen LogP contribution in [0.15, 0.2) is 157 Å². The molecule has 0 saturated heterocycles. The molecule has 0 aliphatic carbocycles. The zero-order valence-electron chi connectivity index (χ0n) is 32.7. The van der Waals surface area contributed by atoms with Crippen LogP contribution in [0, 0.1) is 0 Å². The van der Waals surface area contributed by atoms with E-state index in [2.05, 4.69) is 177 Å². The first-order valence-electron chi connectivity index (χ1n) is 19.2. The van der Waals surface area contributed by atoms with Crippen LogP contribution >= 0.6 is 0 Å². The van der Waals surface area contributed by atoms with Gasteiger partial charge in [-0.25, -0.2) is 0 Å². The zero-order chi connectivity index (χ0) is 37.8. The quantitative estimate of drug-likeness (QED) is 0.0748. The number of methoxy groups -OCH3 is 1. The lowest BCUT2D eigenvalue weighted by Gasteiger charge is -2.36. The molecule has 284 valence electrons. The normalized spacial score (nSPS) is 16.3. The fourth-order valence-electron chi connectivity index (χ4n) is 8.59. The lowest BCUT2D eigenvalue weighted by atomic mass is 9.80. The van der Waals surface area contributed by atoms with Gasteiger partial charge in [-0.2, -0.15) is 4.58 Å². The summed E-state index contributed by atoms with van der Waals surface area (Å²) in [5, 5.41) is 9.73. The van der Waals surface area contributed by atoms with Gasteiger partial charge < -0.3 is 31.9 Å². The van der Waals surface area contributed by atoms with E-state index in [1.54, 1.807) is 7.11 Å². The van der Waals surface area contributed by atoms with E-state index in [4.69, 9.17) is 9.47 Å². The third-order valence-corrected chi connectivity index (χ3v) is 11.3. The minimum absolute atomic E-state index is 0. The zero-order valence-corrected chi connectivity index (χ0v) is 33.5. The van der Waals surface area contributed by atoms with Crippen molar-refractivity contribution in [1.29, 1.82) is 0 Å². The van der Waals surface area contributed by atoms with Crippen molar-refractivity contribution in [1.82, 2.24) is 0 Å². The Labute approximate surface area is 333 Å². The number of anilines is 1. The summed E-state index contributed by atoms with van der Waals surface area (Å²) in [6, 6.07) is 46.9. The summed E-state index contributed by atoms with van der Waals surface area (Å²) >= 11 is 0. The minimum atomic E-state index is -0.802. The summed E-state index contributed by atoms with van der Waals surface area (Å²) in [7, 11) is 1.70. The number of aliphatic hydroxyl groups is 1. The summed E-state index contributed by atoms with van der Waals surface area (Å²) < 4.78 is 15.2. The van der Waals surface area contributed by atoms with E-state index in [0.717, 1.165) is 48.4 Å². The van der Waals surface area contributed by atoms with Crippen molar-refractivity contribution in [3.8, 4) is 5.75 Å². The van der Waals surface area contributed by atoms with Gasteiger partial charge >= 0.3 is 0 Å². The van der Waals surface area contributed by atoms with Gasteiger partial charge in [0.1, 0.15) is 11.4 Å². The molecule has 0 bridgehead atoms.